The van der Waals surface area contributed by atoms with Gasteiger partial charge < -0.3 is 5.32 Å². The Morgan fingerprint density at radius 2 is 1.88 bits per heavy atom. The Hall–Kier alpha value is -0.130. The summed E-state index contributed by atoms with van der Waals surface area (Å²) in [4.78, 5) is 0. The van der Waals surface area contributed by atoms with Gasteiger partial charge in [-0.25, -0.2) is 13.1 Å². The summed E-state index contributed by atoms with van der Waals surface area (Å²) in [5.74, 6) is 0.681. The van der Waals surface area contributed by atoms with E-state index in [9.17, 15) is 8.42 Å². The third-order valence-corrected chi connectivity index (χ3v) is 4.85. The van der Waals surface area contributed by atoms with Crippen molar-refractivity contribution in [1.29, 1.82) is 0 Å². The van der Waals surface area contributed by atoms with E-state index in [1.807, 2.05) is 13.8 Å². The molecule has 0 aliphatic carbocycles. The van der Waals surface area contributed by atoms with E-state index in [1.54, 1.807) is 0 Å². The summed E-state index contributed by atoms with van der Waals surface area (Å²) in [6.45, 7) is 8.82. The normalized spacial score (nSPS) is 20.7. The van der Waals surface area contributed by atoms with Crippen molar-refractivity contribution in [1.82, 2.24) is 10.0 Å². The molecule has 2 N–H and O–H groups in total. The highest BCUT2D eigenvalue weighted by Crippen LogP contribution is 2.26. The molecule has 102 valence electrons. The van der Waals surface area contributed by atoms with E-state index in [0.29, 0.717) is 12.5 Å². The Morgan fingerprint density at radius 1 is 1.29 bits per heavy atom. The number of hydrogen-bond donors (Lipinski definition) is 2. The number of sulfonamides is 1. The van der Waals surface area contributed by atoms with Crippen molar-refractivity contribution >= 4 is 10.0 Å². The Labute approximate surface area is 106 Å². The van der Waals surface area contributed by atoms with Gasteiger partial charge in [0.05, 0.1) is 5.75 Å². The molecule has 0 unspecified atom stereocenters. The summed E-state index contributed by atoms with van der Waals surface area (Å²) < 4.78 is 26.4. The van der Waals surface area contributed by atoms with Crippen molar-refractivity contribution in [2.75, 3.05) is 25.4 Å². The van der Waals surface area contributed by atoms with Gasteiger partial charge in [0.15, 0.2) is 0 Å². The fourth-order valence-corrected chi connectivity index (χ4v) is 3.45. The molecule has 0 aromatic heterocycles. The smallest absolute Gasteiger partial charge is 0.211 e. The van der Waals surface area contributed by atoms with E-state index in [-0.39, 0.29) is 11.2 Å². The van der Waals surface area contributed by atoms with Crippen LogP contribution in [0.4, 0.5) is 0 Å². The van der Waals surface area contributed by atoms with Crippen LogP contribution >= 0.6 is 0 Å². The Morgan fingerprint density at radius 3 is 2.41 bits per heavy atom. The summed E-state index contributed by atoms with van der Waals surface area (Å²) in [5.41, 5.74) is 0.121. The fourth-order valence-electron chi connectivity index (χ4n) is 1.95. The molecular formula is C12H26N2O2S. The van der Waals surface area contributed by atoms with E-state index in [0.717, 1.165) is 32.4 Å². The Balaban J connectivity index is 2.37. The second-order valence-corrected chi connectivity index (χ2v) is 7.81. The van der Waals surface area contributed by atoms with Gasteiger partial charge in [-0.2, -0.15) is 0 Å². The molecule has 1 aliphatic rings. The first-order valence-electron chi connectivity index (χ1n) is 6.51. The molecule has 5 heteroatoms. The SMILES string of the molecule is CC(C)CCS(=O)(=O)NCC1(C)CCNCC1. The molecule has 4 nitrogen and oxygen atoms in total. The van der Waals surface area contributed by atoms with E-state index in [1.165, 1.54) is 0 Å². The van der Waals surface area contributed by atoms with Gasteiger partial charge in [0.25, 0.3) is 0 Å². The van der Waals surface area contributed by atoms with Crippen LogP contribution in [0.3, 0.4) is 0 Å². The van der Waals surface area contributed by atoms with Gasteiger partial charge >= 0.3 is 0 Å². The van der Waals surface area contributed by atoms with Crippen LogP contribution in [0.25, 0.3) is 0 Å². The van der Waals surface area contributed by atoms with E-state index in [4.69, 9.17) is 0 Å². The van der Waals surface area contributed by atoms with Crippen LogP contribution in [0.2, 0.25) is 0 Å². The lowest BCUT2D eigenvalue weighted by Crippen LogP contribution is -2.43. The van der Waals surface area contributed by atoms with Gasteiger partial charge in [-0.15, -0.1) is 0 Å². The molecule has 0 aromatic carbocycles. The largest absolute Gasteiger partial charge is 0.317 e. The predicted octanol–water partition coefficient (Wildman–Crippen LogP) is 1.34. The highest BCUT2D eigenvalue weighted by molar-refractivity contribution is 7.89. The zero-order valence-corrected chi connectivity index (χ0v) is 12.1. The molecule has 1 heterocycles. The maximum Gasteiger partial charge on any atom is 0.211 e. The lowest BCUT2D eigenvalue weighted by molar-refractivity contribution is 0.232. The van der Waals surface area contributed by atoms with Crippen LogP contribution in [-0.2, 0) is 10.0 Å². The average molecular weight is 262 g/mol. The van der Waals surface area contributed by atoms with Crippen LogP contribution in [-0.4, -0.2) is 33.8 Å². The molecule has 0 spiro atoms. The van der Waals surface area contributed by atoms with Gasteiger partial charge in [-0.1, -0.05) is 20.8 Å². The Bertz CT molecular complexity index is 319. The molecule has 0 radical (unpaired) electrons. The molecule has 1 aliphatic heterocycles. The first kappa shape index (κ1) is 14.9. The molecule has 0 atom stereocenters. The van der Waals surface area contributed by atoms with Crippen LogP contribution in [0, 0.1) is 11.3 Å². The minimum Gasteiger partial charge on any atom is -0.317 e. The van der Waals surface area contributed by atoms with Gasteiger partial charge in [0.1, 0.15) is 0 Å². The molecule has 1 fully saturated rings. The third-order valence-electron chi connectivity index (χ3n) is 3.49. The molecule has 1 saturated heterocycles. The molecule has 0 bridgehead atoms. The number of nitrogens with one attached hydrogen (secondary N) is 2. The van der Waals surface area contributed by atoms with Crippen LogP contribution in [0.5, 0.6) is 0 Å². The quantitative estimate of drug-likeness (QED) is 0.759. The van der Waals surface area contributed by atoms with E-state index in [2.05, 4.69) is 17.0 Å². The molecule has 17 heavy (non-hydrogen) atoms. The molecular weight excluding hydrogens is 236 g/mol. The van der Waals surface area contributed by atoms with Crippen LogP contribution in [0.1, 0.15) is 40.0 Å². The minimum atomic E-state index is -3.08. The summed E-state index contributed by atoms with van der Waals surface area (Å²) in [5, 5.41) is 3.30. The standard InChI is InChI=1S/C12H26N2O2S/c1-11(2)4-9-17(15,16)14-10-12(3)5-7-13-8-6-12/h11,13-14H,4-10H2,1-3H3. The first-order chi connectivity index (χ1) is 7.83. The maximum absolute atomic E-state index is 11.8. The van der Waals surface area contributed by atoms with Gasteiger partial charge in [-0.05, 0) is 43.7 Å². The van der Waals surface area contributed by atoms with E-state index >= 15 is 0 Å². The summed E-state index contributed by atoms with van der Waals surface area (Å²) in [6.07, 6.45) is 2.81. The van der Waals surface area contributed by atoms with Crippen LogP contribution < -0.4 is 10.0 Å². The second kappa shape index (κ2) is 6.16. The molecule has 0 amide bonds. The molecule has 0 saturated carbocycles. The maximum atomic E-state index is 11.8. The number of hydrogen-bond acceptors (Lipinski definition) is 3. The third kappa shape index (κ3) is 5.84. The Kier molecular flexibility index (Phi) is 5.41. The number of piperidine rings is 1. The van der Waals surface area contributed by atoms with Crippen molar-refractivity contribution in [2.24, 2.45) is 11.3 Å². The summed E-state index contributed by atoms with van der Waals surface area (Å²) >= 11 is 0. The lowest BCUT2D eigenvalue weighted by atomic mass is 9.81. The fraction of sp³-hybridized carbons (Fsp3) is 1.00. The molecule has 1 rings (SSSR count). The van der Waals surface area contributed by atoms with Crippen molar-refractivity contribution in [3.63, 3.8) is 0 Å². The number of rotatable bonds is 6. The highest BCUT2D eigenvalue weighted by atomic mass is 32.2. The first-order valence-corrected chi connectivity index (χ1v) is 8.16. The van der Waals surface area contributed by atoms with Gasteiger partial charge in [0.2, 0.25) is 10.0 Å². The van der Waals surface area contributed by atoms with Gasteiger partial charge in [-0.3, -0.25) is 0 Å². The minimum absolute atomic E-state index is 0.121. The monoisotopic (exact) mass is 262 g/mol. The van der Waals surface area contributed by atoms with Crippen molar-refractivity contribution in [2.45, 2.75) is 40.0 Å². The van der Waals surface area contributed by atoms with Crippen molar-refractivity contribution in [3.05, 3.63) is 0 Å². The highest BCUT2D eigenvalue weighted by Gasteiger charge is 2.28. The lowest BCUT2D eigenvalue weighted by Gasteiger charge is -2.34. The second-order valence-electron chi connectivity index (χ2n) is 5.88. The summed E-state index contributed by atoms with van der Waals surface area (Å²) in [6, 6.07) is 0. The zero-order chi connectivity index (χ0) is 12.9. The average Bonchev–Trinajstić information content (AvgIpc) is 2.26. The molecule has 0 aromatic rings. The van der Waals surface area contributed by atoms with Crippen LogP contribution in [0.15, 0.2) is 0 Å². The van der Waals surface area contributed by atoms with Crippen molar-refractivity contribution < 1.29 is 8.42 Å². The topological polar surface area (TPSA) is 58.2 Å². The zero-order valence-electron chi connectivity index (χ0n) is 11.3. The van der Waals surface area contributed by atoms with E-state index < -0.39 is 10.0 Å². The predicted molar refractivity (Wildman–Crippen MR) is 71.5 cm³/mol. The van der Waals surface area contributed by atoms with Gasteiger partial charge in [0, 0.05) is 6.54 Å². The summed E-state index contributed by atoms with van der Waals surface area (Å²) in [7, 11) is -3.08. The van der Waals surface area contributed by atoms with Crippen molar-refractivity contribution in [3.8, 4) is 0 Å².